The first-order valence-corrected chi connectivity index (χ1v) is 6.78. The summed E-state index contributed by atoms with van der Waals surface area (Å²) in [6.07, 6.45) is 0.573. The number of hydrogen-bond donors (Lipinski definition) is 1. The molecule has 0 atom stereocenters. The van der Waals surface area contributed by atoms with Crippen LogP contribution >= 0.6 is 15.9 Å². The molecule has 0 saturated heterocycles. The SMILES string of the molecule is Cc1c(CCC(=O)O)nn(C)c1-c1ccc(Br)cc1. The largest absolute Gasteiger partial charge is 0.481 e. The summed E-state index contributed by atoms with van der Waals surface area (Å²) in [5, 5.41) is 13.2. The lowest BCUT2D eigenvalue weighted by Gasteiger charge is -2.04. The molecule has 1 N–H and O–H groups in total. The van der Waals surface area contributed by atoms with E-state index in [1.165, 1.54) is 0 Å². The zero-order chi connectivity index (χ0) is 14.0. The van der Waals surface area contributed by atoms with Crippen LogP contribution in [0.4, 0.5) is 0 Å². The summed E-state index contributed by atoms with van der Waals surface area (Å²) >= 11 is 3.41. The van der Waals surface area contributed by atoms with Gasteiger partial charge >= 0.3 is 5.97 Å². The summed E-state index contributed by atoms with van der Waals surface area (Å²) < 4.78 is 2.85. The highest BCUT2D eigenvalue weighted by atomic mass is 79.9. The number of aryl methyl sites for hydroxylation is 2. The third kappa shape index (κ3) is 3.04. The van der Waals surface area contributed by atoms with Crippen molar-refractivity contribution < 1.29 is 9.90 Å². The summed E-state index contributed by atoms with van der Waals surface area (Å²) in [5.74, 6) is -0.796. The van der Waals surface area contributed by atoms with Crippen molar-refractivity contribution in [2.75, 3.05) is 0 Å². The molecule has 0 bridgehead atoms. The van der Waals surface area contributed by atoms with E-state index in [0.29, 0.717) is 6.42 Å². The van der Waals surface area contributed by atoms with E-state index in [1.807, 2.05) is 42.9 Å². The Hall–Kier alpha value is -1.62. The lowest BCUT2D eigenvalue weighted by atomic mass is 10.0. The average molecular weight is 323 g/mol. The molecule has 0 aliphatic heterocycles. The highest BCUT2D eigenvalue weighted by Gasteiger charge is 2.14. The van der Waals surface area contributed by atoms with Crippen LogP contribution in [0, 0.1) is 6.92 Å². The van der Waals surface area contributed by atoms with Crippen LogP contribution in [0.2, 0.25) is 0 Å². The molecule has 0 unspecified atom stereocenters. The van der Waals surface area contributed by atoms with Crippen LogP contribution in [-0.4, -0.2) is 20.9 Å². The number of carbonyl (C=O) groups is 1. The number of halogens is 1. The molecule has 2 rings (SSSR count). The number of carboxylic acids is 1. The number of benzene rings is 1. The van der Waals surface area contributed by atoms with Gasteiger partial charge < -0.3 is 5.11 Å². The van der Waals surface area contributed by atoms with Gasteiger partial charge in [0.1, 0.15) is 0 Å². The number of carboxylic acid groups (broad SMARTS) is 1. The lowest BCUT2D eigenvalue weighted by molar-refractivity contribution is -0.136. The molecule has 0 spiro atoms. The highest BCUT2D eigenvalue weighted by molar-refractivity contribution is 9.10. The molecule has 0 aliphatic carbocycles. The molecule has 0 saturated carbocycles. The monoisotopic (exact) mass is 322 g/mol. The van der Waals surface area contributed by atoms with Crippen molar-refractivity contribution in [3.63, 3.8) is 0 Å². The fourth-order valence-corrected chi connectivity index (χ4v) is 2.42. The highest BCUT2D eigenvalue weighted by Crippen LogP contribution is 2.27. The molecule has 5 heteroatoms. The maximum atomic E-state index is 10.6. The van der Waals surface area contributed by atoms with E-state index < -0.39 is 5.97 Å². The zero-order valence-corrected chi connectivity index (χ0v) is 12.4. The zero-order valence-electron chi connectivity index (χ0n) is 10.9. The van der Waals surface area contributed by atoms with Crippen molar-refractivity contribution in [2.24, 2.45) is 7.05 Å². The molecule has 4 nitrogen and oxygen atoms in total. The smallest absolute Gasteiger partial charge is 0.303 e. The van der Waals surface area contributed by atoms with E-state index in [1.54, 1.807) is 0 Å². The van der Waals surface area contributed by atoms with Crippen LogP contribution in [0.5, 0.6) is 0 Å². The molecule has 19 heavy (non-hydrogen) atoms. The topological polar surface area (TPSA) is 55.1 Å². The van der Waals surface area contributed by atoms with Crippen molar-refractivity contribution >= 4 is 21.9 Å². The molecule has 0 radical (unpaired) electrons. The Balaban J connectivity index is 2.36. The van der Waals surface area contributed by atoms with Gasteiger partial charge in [-0.1, -0.05) is 28.1 Å². The van der Waals surface area contributed by atoms with Gasteiger partial charge in [-0.2, -0.15) is 5.10 Å². The standard InChI is InChI=1S/C14H15BrN2O2/c1-9-12(7-8-13(18)19)16-17(2)14(9)10-3-5-11(15)6-4-10/h3-6H,7-8H2,1-2H3,(H,18,19). The Morgan fingerprint density at radius 2 is 2.00 bits per heavy atom. The van der Waals surface area contributed by atoms with Crippen LogP contribution in [-0.2, 0) is 18.3 Å². The van der Waals surface area contributed by atoms with Crippen molar-refractivity contribution in [3.8, 4) is 11.3 Å². The fourth-order valence-electron chi connectivity index (χ4n) is 2.16. The Labute approximate surface area is 120 Å². The minimum absolute atomic E-state index is 0.109. The van der Waals surface area contributed by atoms with Gasteiger partial charge in [-0.25, -0.2) is 0 Å². The third-order valence-corrected chi connectivity index (χ3v) is 3.60. The number of hydrogen-bond acceptors (Lipinski definition) is 2. The van der Waals surface area contributed by atoms with Gasteiger partial charge in [0, 0.05) is 23.5 Å². The quantitative estimate of drug-likeness (QED) is 0.940. The Bertz CT molecular complexity index is 603. The minimum atomic E-state index is -0.796. The Morgan fingerprint density at radius 3 is 2.58 bits per heavy atom. The predicted molar refractivity (Wildman–Crippen MR) is 77.0 cm³/mol. The lowest BCUT2D eigenvalue weighted by Crippen LogP contribution is -1.99. The first-order chi connectivity index (χ1) is 8.99. The van der Waals surface area contributed by atoms with E-state index >= 15 is 0 Å². The molecular weight excluding hydrogens is 308 g/mol. The molecule has 2 aromatic rings. The van der Waals surface area contributed by atoms with Crippen molar-refractivity contribution in [1.29, 1.82) is 0 Å². The van der Waals surface area contributed by atoms with Gasteiger partial charge in [0.05, 0.1) is 17.8 Å². The van der Waals surface area contributed by atoms with E-state index in [4.69, 9.17) is 5.11 Å². The molecule has 1 aromatic carbocycles. The molecule has 1 heterocycles. The van der Waals surface area contributed by atoms with Crippen molar-refractivity contribution in [3.05, 3.63) is 40.0 Å². The van der Waals surface area contributed by atoms with Gasteiger partial charge in [0.15, 0.2) is 0 Å². The number of rotatable bonds is 4. The summed E-state index contributed by atoms with van der Waals surface area (Å²) in [5.41, 5.74) is 4.01. The van der Waals surface area contributed by atoms with Gasteiger partial charge in [0.25, 0.3) is 0 Å². The van der Waals surface area contributed by atoms with Gasteiger partial charge in [-0.3, -0.25) is 9.48 Å². The second-order valence-electron chi connectivity index (χ2n) is 4.44. The van der Waals surface area contributed by atoms with E-state index in [9.17, 15) is 4.79 Å². The molecule has 100 valence electrons. The molecule has 0 fully saturated rings. The second kappa shape index (κ2) is 5.57. The molecule has 1 aromatic heterocycles. The maximum Gasteiger partial charge on any atom is 0.303 e. The number of nitrogens with zero attached hydrogens (tertiary/aromatic N) is 2. The van der Waals surface area contributed by atoms with Crippen LogP contribution in [0.25, 0.3) is 11.3 Å². The maximum absolute atomic E-state index is 10.6. The van der Waals surface area contributed by atoms with Crippen molar-refractivity contribution in [1.82, 2.24) is 9.78 Å². The summed E-state index contributed by atoms with van der Waals surface area (Å²) in [6, 6.07) is 8.02. The van der Waals surface area contributed by atoms with E-state index in [0.717, 1.165) is 27.0 Å². The number of aromatic nitrogens is 2. The Morgan fingerprint density at radius 1 is 1.37 bits per heavy atom. The normalized spacial score (nSPS) is 10.7. The minimum Gasteiger partial charge on any atom is -0.481 e. The second-order valence-corrected chi connectivity index (χ2v) is 5.36. The summed E-state index contributed by atoms with van der Waals surface area (Å²) in [7, 11) is 1.88. The molecule has 0 aliphatic rings. The fraction of sp³-hybridized carbons (Fsp3) is 0.286. The van der Waals surface area contributed by atoms with Crippen molar-refractivity contribution in [2.45, 2.75) is 19.8 Å². The van der Waals surface area contributed by atoms with Gasteiger partial charge in [0.2, 0.25) is 0 Å². The van der Waals surface area contributed by atoms with Crippen LogP contribution in [0.1, 0.15) is 17.7 Å². The predicted octanol–water partition coefficient (Wildman–Crippen LogP) is 3.18. The number of aliphatic carboxylic acids is 1. The molecule has 0 amide bonds. The average Bonchev–Trinajstić information content (AvgIpc) is 2.63. The third-order valence-electron chi connectivity index (χ3n) is 3.08. The summed E-state index contributed by atoms with van der Waals surface area (Å²) in [6.45, 7) is 1.99. The van der Waals surface area contributed by atoms with Crippen LogP contribution in [0.15, 0.2) is 28.7 Å². The van der Waals surface area contributed by atoms with Crippen LogP contribution in [0.3, 0.4) is 0 Å². The van der Waals surface area contributed by atoms with Crippen LogP contribution < -0.4 is 0 Å². The van der Waals surface area contributed by atoms with Gasteiger partial charge in [-0.05, 0) is 24.6 Å². The van der Waals surface area contributed by atoms with E-state index in [-0.39, 0.29) is 6.42 Å². The molecular formula is C14H15BrN2O2. The van der Waals surface area contributed by atoms with Gasteiger partial charge in [-0.15, -0.1) is 0 Å². The Kier molecular flexibility index (Phi) is 4.04. The van der Waals surface area contributed by atoms with E-state index in [2.05, 4.69) is 21.0 Å². The first kappa shape index (κ1) is 13.8. The first-order valence-electron chi connectivity index (χ1n) is 5.99. The summed E-state index contributed by atoms with van der Waals surface area (Å²) in [4.78, 5) is 10.6.